The molecule has 6 heteroatoms. The van der Waals surface area contributed by atoms with Crippen molar-refractivity contribution in [1.29, 1.82) is 0 Å². The first-order valence-corrected chi connectivity index (χ1v) is 4.24. The van der Waals surface area contributed by atoms with E-state index in [9.17, 15) is 14.7 Å². The van der Waals surface area contributed by atoms with Crippen LogP contribution < -0.4 is 5.11 Å². The van der Waals surface area contributed by atoms with Gasteiger partial charge in [0, 0.05) is 0 Å². The Morgan fingerprint density at radius 1 is 1.36 bits per heavy atom. The summed E-state index contributed by atoms with van der Waals surface area (Å²) >= 11 is 0. The number of esters is 1. The van der Waals surface area contributed by atoms with Gasteiger partial charge in [0.2, 0.25) is 0 Å². The summed E-state index contributed by atoms with van der Waals surface area (Å²) in [5.74, 6) is -3.07. The predicted octanol–water partition coefficient (Wildman–Crippen LogP) is -2.20. The van der Waals surface area contributed by atoms with Crippen LogP contribution in [0.25, 0.3) is 0 Å². The lowest BCUT2D eigenvalue weighted by molar-refractivity contribution is -0.318. The quantitative estimate of drug-likeness (QED) is 0.376. The number of aliphatic hydroxyl groups excluding tert-OH is 2. The number of carbonyl (C=O) groups is 2. The zero-order valence-electron chi connectivity index (χ0n) is 7.80. The predicted molar refractivity (Wildman–Crippen MR) is 42.9 cm³/mol. The van der Waals surface area contributed by atoms with Crippen LogP contribution in [0.5, 0.6) is 0 Å². The van der Waals surface area contributed by atoms with Gasteiger partial charge in [0.25, 0.3) is 0 Å². The van der Waals surface area contributed by atoms with E-state index < -0.39 is 24.1 Å². The molecule has 0 fully saturated rings. The molecule has 0 amide bonds. The molecule has 0 radical (unpaired) electrons. The minimum absolute atomic E-state index is 0.0894. The summed E-state index contributed by atoms with van der Waals surface area (Å²) < 4.78 is 4.48. The highest BCUT2D eigenvalue weighted by Gasteiger charge is 2.26. The third kappa shape index (κ3) is 4.20. The van der Waals surface area contributed by atoms with Crippen LogP contribution >= 0.6 is 0 Å². The largest absolute Gasteiger partial charge is 0.547 e. The fourth-order valence-corrected chi connectivity index (χ4v) is 0.660. The number of carboxylic acid groups (broad SMARTS) is 1. The molecule has 0 aliphatic heterocycles. The van der Waals surface area contributed by atoms with Gasteiger partial charge in [0.05, 0.1) is 12.6 Å². The maximum atomic E-state index is 10.8. The third-order valence-corrected chi connectivity index (χ3v) is 1.52. The van der Waals surface area contributed by atoms with Crippen molar-refractivity contribution in [3.63, 3.8) is 0 Å². The Bertz CT molecular complexity index is 202. The van der Waals surface area contributed by atoms with Crippen molar-refractivity contribution < 1.29 is 29.6 Å². The van der Waals surface area contributed by atoms with Crippen molar-refractivity contribution in [3.05, 3.63) is 0 Å². The Kier molecular flexibility index (Phi) is 5.82. The number of rotatable bonds is 6. The van der Waals surface area contributed by atoms with Crippen molar-refractivity contribution in [1.82, 2.24) is 0 Å². The molecule has 0 rings (SSSR count). The topological polar surface area (TPSA) is 107 Å². The normalized spacial score (nSPS) is 14.5. The van der Waals surface area contributed by atoms with Gasteiger partial charge in [-0.15, -0.1) is 0 Å². The van der Waals surface area contributed by atoms with E-state index in [2.05, 4.69) is 4.74 Å². The highest BCUT2D eigenvalue weighted by atomic mass is 16.5. The molecule has 0 heterocycles. The Labute approximate surface area is 81.1 Å². The highest BCUT2D eigenvalue weighted by molar-refractivity contribution is 5.83. The van der Waals surface area contributed by atoms with Crippen LogP contribution in [0.3, 0.4) is 0 Å². The second-order valence-corrected chi connectivity index (χ2v) is 2.73. The van der Waals surface area contributed by atoms with Crippen molar-refractivity contribution in [2.75, 3.05) is 6.61 Å². The summed E-state index contributed by atoms with van der Waals surface area (Å²) in [6.07, 6.45) is -2.92. The monoisotopic (exact) mass is 205 g/mol. The lowest BCUT2D eigenvalue weighted by atomic mass is 10.2. The van der Waals surface area contributed by atoms with E-state index >= 15 is 0 Å². The number of carbonyl (C=O) groups excluding carboxylic acids is 2. The Morgan fingerprint density at radius 2 is 1.93 bits per heavy atom. The van der Waals surface area contributed by atoms with Gasteiger partial charge < -0.3 is 24.9 Å². The minimum atomic E-state index is -2.25. The van der Waals surface area contributed by atoms with Crippen molar-refractivity contribution in [2.45, 2.75) is 32.0 Å². The number of hydrogen-bond donors (Lipinski definition) is 2. The van der Waals surface area contributed by atoms with Crippen LogP contribution in [0.15, 0.2) is 0 Å². The average molecular weight is 205 g/mol. The second kappa shape index (κ2) is 6.33. The Balaban J connectivity index is 3.92. The molecule has 0 bridgehead atoms. The lowest BCUT2D eigenvalue weighted by Crippen LogP contribution is -2.47. The first-order chi connectivity index (χ1) is 6.50. The van der Waals surface area contributed by atoms with E-state index in [-0.39, 0.29) is 6.61 Å². The number of hydrogen-bond acceptors (Lipinski definition) is 6. The first-order valence-electron chi connectivity index (χ1n) is 4.24. The molecular formula is C8H13O6-. The van der Waals surface area contributed by atoms with Gasteiger partial charge in [-0.05, 0) is 6.42 Å². The molecule has 2 N–H and O–H groups in total. The fraction of sp³-hybridized carbons (Fsp3) is 0.750. The molecule has 0 saturated carbocycles. The van der Waals surface area contributed by atoms with Gasteiger partial charge in [0.15, 0.2) is 6.10 Å². The highest BCUT2D eigenvalue weighted by Crippen LogP contribution is 1.97. The van der Waals surface area contributed by atoms with Gasteiger partial charge in [-0.25, -0.2) is 4.79 Å². The third-order valence-electron chi connectivity index (χ3n) is 1.52. The van der Waals surface area contributed by atoms with Crippen molar-refractivity contribution >= 4 is 11.9 Å². The van der Waals surface area contributed by atoms with Crippen molar-refractivity contribution in [3.8, 4) is 0 Å². The molecule has 82 valence electrons. The molecule has 0 aliphatic carbocycles. The molecule has 14 heavy (non-hydrogen) atoms. The van der Waals surface area contributed by atoms with Crippen LogP contribution in [0, 0.1) is 0 Å². The summed E-state index contributed by atoms with van der Waals surface area (Å²) in [4.78, 5) is 20.9. The molecule has 0 aromatic carbocycles. The zero-order chi connectivity index (χ0) is 11.1. The first kappa shape index (κ1) is 12.9. The van der Waals surface area contributed by atoms with E-state index in [4.69, 9.17) is 10.2 Å². The molecule has 0 unspecified atom stereocenters. The molecule has 0 aromatic heterocycles. The van der Waals surface area contributed by atoms with Gasteiger partial charge in [-0.3, -0.25) is 0 Å². The number of aliphatic carboxylic acids is 1. The molecular weight excluding hydrogens is 192 g/mol. The van der Waals surface area contributed by atoms with E-state index in [0.29, 0.717) is 6.42 Å². The number of ether oxygens (including phenoxy) is 1. The van der Waals surface area contributed by atoms with E-state index in [1.165, 1.54) is 0 Å². The van der Waals surface area contributed by atoms with Gasteiger partial charge in [-0.1, -0.05) is 13.3 Å². The lowest BCUT2D eigenvalue weighted by Gasteiger charge is -2.16. The van der Waals surface area contributed by atoms with E-state index in [0.717, 1.165) is 6.42 Å². The molecule has 0 aromatic rings. The molecule has 0 saturated heterocycles. The average Bonchev–Trinajstić information content (AvgIpc) is 2.15. The maximum absolute atomic E-state index is 10.8. The van der Waals surface area contributed by atoms with E-state index in [1.54, 1.807) is 0 Å². The standard InChI is InChI=1S/C8H14O6/c1-2-3-4-14-8(13)6(10)5(9)7(11)12/h5-6,9-10H,2-4H2,1H3,(H,11,12)/p-1/t5-,6-/m1/s1. The fourth-order valence-electron chi connectivity index (χ4n) is 0.660. The Morgan fingerprint density at radius 3 is 2.36 bits per heavy atom. The number of carboxylic acids is 1. The Hall–Kier alpha value is -1.14. The molecule has 6 nitrogen and oxygen atoms in total. The van der Waals surface area contributed by atoms with Crippen LogP contribution in [-0.4, -0.2) is 41.0 Å². The summed E-state index contributed by atoms with van der Waals surface area (Å²) in [5.41, 5.74) is 0. The van der Waals surface area contributed by atoms with Crippen molar-refractivity contribution in [2.24, 2.45) is 0 Å². The summed E-state index contributed by atoms with van der Waals surface area (Å²) in [7, 11) is 0. The van der Waals surface area contributed by atoms with Crippen LogP contribution in [0.1, 0.15) is 19.8 Å². The van der Waals surface area contributed by atoms with E-state index in [1.807, 2.05) is 6.92 Å². The molecule has 0 spiro atoms. The summed E-state index contributed by atoms with van der Waals surface area (Å²) in [5, 5.41) is 27.7. The van der Waals surface area contributed by atoms with Crippen LogP contribution in [0.2, 0.25) is 0 Å². The van der Waals surface area contributed by atoms with Gasteiger partial charge >= 0.3 is 5.97 Å². The zero-order valence-corrected chi connectivity index (χ0v) is 7.80. The minimum Gasteiger partial charge on any atom is -0.547 e. The van der Waals surface area contributed by atoms with Gasteiger partial charge in [0.1, 0.15) is 6.10 Å². The second-order valence-electron chi connectivity index (χ2n) is 2.73. The smallest absolute Gasteiger partial charge is 0.338 e. The SMILES string of the molecule is CCCCOC(=O)[C@H](O)[C@@H](O)C(=O)[O-]. The molecule has 2 atom stereocenters. The molecule has 0 aliphatic rings. The van der Waals surface area contributed by atoms with Gasteiger partial charge in [-0.2, -0.15) is 0 Å². The van der Waals surface area contributed by atoms with Crippen LogP contribution in [-0.2, 0) is 14.3 Å². The number of unbranched alkanes of at least 4 members (excludes halogenated alkanes) is 1. The number of aliphatic hydroxyl groups is 2. The summed E-state index contributed by atoms with van der Waals surface area (Å²) in [6, 6.07) is 0. The van der Waals surface area contributed by atoms with Crippen LogP contribution in [0.4, 0.5) is 0 Å². The summed E-state index contributed by atoms with van der Waals surface area (Å²) in [6.45, 7) is 1.96. The maximum Gasteiger partial charge on any atom is 0.338 e.